The van der Waals surface area contributed by atoms with Crippen molar-refractivity contribution in [3.05, 3.63) is 35.7 Å². The van der Waals surface area contributed by atoms with Crippen LogP contribution in [0, 0.1) is 6.92 Å². The smallest absolute Gasteiger partial charge is 0.270 e. The van der Waals surface area contributed by atoms with Gasteiger partial charge in [0.05, 0.1) is 6.33 Å². The summed E-state index contributed by atoms with van der Waals surface area (Å²) in [7, 11) is 0. The van der Waals surface area contributed by atoms with Crippen LogP contribution in [0.2, 0.25) is 0 Å². The number of nitrogen functional groups attached to an aromatic ring is 1. The SMILES string of the molecule is Cc1cc(C(=O)NCCc2cnc[nH]2)nc(N)n1. The molecule has 7 heteroatoms. The molecule has 0 saturated heterocycles. The number of nitrogens with two attached hydrogens (primary N) is 1. The Balaban J connectivity index is 1.91. The van der Waals surface area contributed by atoms with E-state index in [0.29, 0.717) is 18.7 Å². The minimum atomic E-state index is -0.258. The number of carbonyl (C=O) groups is 1. The first kappa shape index (κ1) is 12.0. The summed E-state index contributed by atoms with van der Waals surface area (Å²) in [6.45, 7) is 2.27. The second-order valence-corrected chi connectivity index (χ2v) is 3.84. The van der Waals surface area contributed by atoms with Crippen LogP contribution in [0.25, 0.3) is 0 Å². The van der Waals surface area contributed by atoms with Crippen LogP contribution >= 0.6 is 0 Å². The van der Waals surface area contributed by atoms with Crippen LogP contribution in [0.4, 0.5) is 5.95 Å². The molecule has 0 aliphatic rings. The van der Waals surface area contributed by atoms with E-state index in [1.807, 2.05) is 0 Å². The maximum Gasteiger partial charge on any atom is 0.270 e. The van der Waals surface area contributed by atoms with Crippen LogP contribution in [0.15, 0.2) is 18.6 Å². The first-order valence-corrected chi connectivity index (χ1v) is 5.52. The number of aromatic amines is 1. The second kappa shape index (κ2) is 5.26. The van der Waals surface area contributed by atoms with Gasteiger partial charge in [-0.2, -0.15) is 0 Å². The van der Waals surface area contributed by atoms with Gasteiger partial charge in [0.2, 0.25) is 5.95 Å². The molecule has 7 nitrogen and oxygen atoms in total. The fraction of sp³-hybridized carbons (Fsp3) is 0.273. The average Bonchev–Trinajstić information content (AvgIpc) is 2.80. The zero-order valence-electron chi connectivity index (χ0n) is 9.97. The molecule has 0 unspecified atom stereocenters. The highest BCUT2D eigenvalue weighted by molar-refractivity contribution is 5.92. The van der Waals surface area contributed by atoms with Crippen LogP contribution in [0.1, 0.15) is 21.9 Å². The summed E-state index contributed by atoms with van der Waals surface area (Å²) in [6.07, 6.45) is 4.01. The fourth-order valence-electron chi connectivity index (χ4n) is 1.53. The normalized spacial score (nSPS) is 10.3. The van der Waals surface area contributed by atoms with Gasteiger partial charge in [-0.05, 0) is 13.0 Å². The molecular weight excluding hydrogens is 232 g/mol. The highest BCUT2D eigenvalue weighted by atomic mass is 16.1. The number of hydrogen-bond acceptors (Lipinski definition) is 5. The Morgan fingerprint density at radius 3 is 3.00 bits per heavy atom. The number of carbonyl (C=O) groups excluding carboxylic acids is 1. The number of imidazole rings is 1. The van der Waals surface area contributed by atoms with Crippen LogP contribution in [-0.2, 0) is 6.42 Å². The quantitative estimate of drug-likeness (QED) is 0.706. The Morgan fingerprint density at radius 2 is 2.33 bits per heavy atom. The molecule has 0 aromatic carbocycles. The summed E-state index contributed by atoms with van der Waals surface area (Å²) >= 11 is 0. The molecule has 1 amide bonds. The van der Waals surface area contributed by atoms with E-state index in [1.54, 1.807) is 25.5 Å². The highest BCUT2D eigenvalue weighted by Gasteiger charge is 2.08. The predicted molar refractivity (Wildman–Crippen MR) is 65.8 cm³/mol. The predicted octanol–water partition coefficient (Wildman–Crippen LogP) is 0.0628. The largest absolute Gasteiger partial charge is 0.368 e. The summed E-state index contributed by atoms with van der Waals surface area (Å²) in [5, 5.41) is 2.76. The lowest BCUT2D eigenvalue weighted by Crippen LogP contribution is -2.27. The number of hydrogen-bond donors (Lipinski definition) is 3. The van der Waals surface area contributed by atoms with Crippen LogP contribution in [-0.4, -0.2) is 32.4 Å². The number of amides is 1. The number of aryl methyl sites for hydroxylation is 1. The van der Waals surface area contributed by atoms with Crippen LogP contribution in [0.5, 0.6) is 0 Å². The van der Waals surface area contributed by atoms with Crippen LogP contribution < -0.4 is 11.1 Å². The molecular formula is C11H14N6O. The summed E-state index contributed by atoms with van der Waals surface area (Å²) in [6, 6.07) is 1.60. The van der Waals surface area contributed by atoms with Crippen molar-refractivity contribution in [2.24, 2.45) is 0 Å². The molecule has 94 valence electrons. The Hall–Kier alpha value is -2.44. The van der Waals surface area contributed by atoms with E-state index >= 15 is 0 Å². The molecule has 18 heavy (non-hydrogen) atoms. The van der Waals surface area contributed by atoms with E-state index in [1.165, 1.54) is 0 Å². The first-order valence-electron chi connectivity index (χ1n) is 5.52. The van der Waals surface area contributed by atoms with E-state index in [9.17, 15) is 4.79 Å². The van der Waals surface area contributed by atoms with Gasteiger partial charge in [-0.15, -0.1) is 0 Å². The van der Waals surface area contributed by atoms with Gasteiger partial charge < -0.3 is 16.0 Å². The molecule has 2 rings (SSSR count). The molecule has 2 aromatic heterocycles. The van der Waals surface area contributed by atoms with E-state index in [4.69, 9.17) is 5.73 Å². The lowest BCUT2D eigenvalue weighted by molar-refractivity contribution is 0.0949. The zero-order chi connectivity index (χ0) is 13.0. The lowest BCUT2D eigenvalue weighted by Gasteiger charge is -2.05. The van der Waals surface area contributed by atoms with Crippen molar-refractivity contribution in [1.82, 2.24) is 25.3 Å². The van der Waals surface area contributed by atoms with Gasteiger partial charge in [0, 0.05) is 30.6 Å². The van der Waals surface area contributed by atoms with Gasteiger partial charge in [0.15, 0.2) is 0 Å². The van der Waals surface area contributed by atoms with Crippen molar-refractivity contribution in [2.45, 2.75) is 13.3 Å². The van der Waals surface area contributed by atoms with Crippen molar-refractivity contribution >= 4 is 11.9 Å². The maximum absolute atomic E-state index is 11.8. The molecule has 4 N–H and O–H groups in total. The van der Waals surface area contributed by atoms with E-state index in [-0.39, 0.29) is 17.5 Å². The molecule has 0 spiro atoms. The molecule has 0 fully saturated rings. The minimum absolute atomic E-state index is 0.105. The number of H-pyrrole nitrogens is 1. The van der Waals surface area contributed by atoms with E-state index in [0.717, 1.165) is 5.69 Å². The molecule has 0 saturated carbocycles. The molecule has 0 atom stereocenters. The third-order valence-electron chi connectivity index (χ3n) is 2.34. The molecule has 0 radical (unpaired) electrons. The molecule has 2 aromatic rings. The summed E-state index contributed by atoms with van der Waals surface area (Å²) < 4.78 is 0. The number of aromatic nitrogens is 4. The standard InChI is InChI=1S/C11H14N6O/c1-7-4-9(17-11(12)16-7)10(18)14-3-2-8-5-13-6-15-8/h4-6H,2-3H2,1H3,(H,13,15)(H,14,18)(H2,12,16,17). The Bertz CT molecular complexity index is 516. The lowest BCUT2D eigenvalue weighted by atomic mass is 10.3. The monoisotopic (exact) mass is 246 g/mol. The molecule has 0 bridgehead atoms. The molecule has 2 heterocycles. The van der Waals surface area contributed by atoms with Gasteiger partial charge >= 0.3 is 0 Å². The van der Waals surface area contributed by atoms with Gasteiger partial charge in [-0.3, -0.25) is 4.79 Å². The molecule has 0 aliphatic carbocycles. The number of rotatable bonds is 4. The second-order valence-electron chi connectivity index (χ2n) is 3.84. The number of nitrogens with one attached hydrogen (secondary N) is 2. The Labute approximate surface area is 104 Å². The number of nitrogens with zero attached hydrogens (tertiary/aromatic N) is 3. The average molecular weight is 246 g/mol. The van der Waals surface area contributed by atoms with E-state index in [2.05, 4.69) is 25.3 Å². The van der Waals surface area contributed by atoms with Gasteiger partial charge in [0.1, 0.15) is 5.69 Å². The number of anilines is 1. The van der Waals surface area contributed by atoms with Gasteiger partial charge in [-0.25, -0.2) is 15.0 Å². The molecule has 0 aliphatic heterocycles. The zero-order valence-corrected chi connectivity index (χ0v) is 9.97. The summed E-state index contributed by atoms with van der Waals surface area (Å²) in [5.41, 5.74) is 7.40. The van der Waals surface area contributed by atoms with Crippen molar-refractivity contribution in [3.8, 4) is 0 Å². The Kier molecular flexibility index (Phi) is 3.52. The topological polar surface area (TPSA) is 110 Å². The Morgan fingerprint density at radius 1 is 1.50 bits per heavy atom. The summed E-state index contributed by atoms with van der Waals surface area (Å²) in [4.78, 5) is 26.4. The third kappa shape index (κ3) is 3.03. The fourth-order valence-corrected chi connectivity index (χ4v) is 1.53. The van der Waals surface area contributed by atoms with Crippen molar-refractivity contribution in [3.63, 3.8) is 0 Å². The summed E-state index contributed by atoms with van der Waals surface area (Å²) in [5.74, 6) is -0.152. The van der Waals surface area contributed by atoms with Crippen molar-refractivity contribution in [2.75, 3.05) is 12.3 Å². The maximum atomic E-state index is 11.8. The van der Waals surface area contributed by atoms with Gasteiger partial charge in [-0.1, -0.05) is 0 Å². The van der Waals surface area contributed by atoms with Crippen LogP contribution in [0.3, 0.4) is 0 Å². The minimum Gasteiger partial charge on any atom is -0.368 e. The van der Waals surface area contributed by atoms with E-state index < -0.39 is 0 Å². The van der Waals surface area contributed by atoms with Crippen molar-refractivity contribution < 1.29 is 4.79 Å². The highest BCUT2D eigenvalue weighted by Crippen LogP contribution is 2.01. The first-order chi connectivity index (χ1) is 8.65. The van der Waals surface area contributed by atoms with Gasteiger partial charge in [0.25, 0.3) is 5.91 Å². The third-order valence-corrected chi connectivity index (χ3v) is 2.34. The van der Waals surface area contributed by atoms with Crippen molar-refractivity contribution in [1.29, 1.82) is 0 Å².